The molecular formula is C17H16ClN3O. The van der Waals surface area contributed by atoms with Crippen molar-refractivity contribution < 1.29 is 4.74 Å². The minimum absolute atomic E-state index is 0.286. The van der Waals surface area contributed by atoms with Crippen molar-refractivity contribution in [1.29, 1.82) is 0 Å². The first-order valence-electron chi connectivity index (χ1n) is 7.03. The third-order valence-electron chi connectivity index (χ3n) is 3.35. The summed E-state index contributed by atoms with van der Waals surface area (Å²) in [5, 5.41) is 1.67. The molecule has 0 aliphatic rings. The summed E-state index contributed by atoms with van der Waals surface area (Å²) >= 11 is 5.94. The molecular weight excluding hydrogens is 298 g/mol. The molecule has 4 nitrogen and oxygen atoms in total. The fraction of sp³-hybridized carbons (Fsp3) is 0.176. The van der Waals surface area contributed by atoms with E-state index in [-0.39, 0.29) is 5.95 Å². The first-order chi connectivity index (χ1) is 10.6. The van der Waals surface area contributed by atoms with Gasteiger partial charge in [0.1, 0.15) is 5.75 Å². The van der Waals surface area contributed by atoms with Crippen molar-refractivity contribution in [3.8, 4) is 5.75 Å². The van der Waals surface area contributed by atoms with Crippen LogP contribution in [0.5, 0.6) is 5.75 Å². The van der Waals surface area contributed by atoms with Crippen LogP contribution in [-0.2, 0) is 6.42 Å². The van der Waals surface area contributed by atoms with Gasteiger partial charge in [-0.25, -0.2) is 9.97 Å². The number of aromatic nitrogens is 2. The maximum Gasteiger partial charge on any atom is 0.220 e. The summed E-state index contributed by atoms with van der Waals surface area (Å²) in [6.07, 6.45) is 0.652. The van der Waals surface area contributed by atoms with E-state index in [9.17, 15) is 0 Å². The van der Waals surface area contributed by atoms with Gasteiger partial charge >= 0.3 is 0 Å². The van der Waals surface area contributed by atoms with E-state index >= 15 is 0 Å². The second kappa shape index (κ2) is 6.20. The molecule has 2 aromatic carbocycles. The Balaban J connectivity index is 1.80. The molecule has 3 rings (SSSR count). The van der Waals surface area contributed by atoms with Gasteiger partial charge in [-0.3, -0.25) is 0 Å². The highest BCUT2D eigenvalue weighted by atomic mass is 35.5. The van der Waals surface area contributed by atoms with Crippen LogP contribution in [0.1, 0.15) is 11.3 Å². The van der Waals surface area contributed by atoms with E-state index in [0.29, 0.717) is 18.1 Å². The summed E-state index contributed by atoms with van der Waals surface area (Å²) in [6, 6.07) is 13.4. The maximum atomic E-state index is 5.94. The molecule has 0 unspecified atom stereocenters. The number of nitrogens with zero attached hydrogens (tertiary/aromatic N) is 2. The minimum atomic E-state index is 0.286. The zero-order chi connectivity index (χ0) is 15.5. The average molecular weight is 314 g/mol. The van der Waals surface area contributed by atoms with Gasteiger partial charge in [0.15, 0.2) is 0 Å². The quantitative estimate of drug-likeness (QED) is 0.796. The number of hydrogen-bond acceptors (Lipinski definition) is 4. The van der Waals surface area contributed by atoms with Gasteiger partial charge in [-0.05, 0) is 37.3 Å². The molecule has 3 aromatic rings. The number of fused-ring (bicyclic) bond motifs is 1. The highest BCUT2D eigenvalue weighted by Crippen LogP contribution is 2.20. The van der Waals surface area contributed by atoms with Gasteiger partial charge in [0, 0.05) is 16.8 Å². The summed E-state index contributed by atoms with van der Waals surface area (Å²) in [6.45, 7) is 2.54. The Hall–Kier alpha value is -2.33. The van der Waals surface area contributed by atoms with Crippen LogP contribution in [0, 0.1) is 6.92 Å². The molecule has 0 fully saturated rings. The van der Waals surface area contributed by atoms with Crippen LogP contribution in [0.4, 0.5) is 5.95 Å². The fourth-order valence-corrected chi connectivity index (χ4v) is 2.52. The third kappa shape index (κ3) is 3.28. The first kappa shape index (κ1) is 14.6. The molecule has 0 saturated carbocycles. The largest absolute Gasteiger partial charge is 0.493 e. The van der Waals surface area contributed by atoms with Crippen molar-refractivity contribution in [3.63, 3.8) is 0 Å². The zero-order valence-electron chi connectivity index (χ0n) is 12.2. The normalized spacial score (nSPS) is 10.8. The van der Waals surface area contributed by atoms with E-state index in [1.807, 2.05) is 37.3 Å². The summed E-state index contributed by atoms with van der Waals surface area (Å²) in [5.74, 6) is 1.03. The van der Waals surface area contributed by atoms with Gasteiger partial charge in [0.05, 0.1) is 17.8 Å². The summed E-state index contributed by atoms with van der Waals surface area (Å²) in [4.78, 5) is 8.62. The molecule has 2 N–H and O–H groups in total. The molecule has 0 radical (unpaired) electrons. The van der Waals surface area contributed by atoms with E-state index in [2.05, 4.69) is 16.0 Å². The van der Waals surface area contributed by atoms with Crippen molar-refractivity contribution >= 4 is 28.5 Å². The lowest BCUT2D eigenvalue weighted by molar-refractivity contribution is 0.321. The van der Waals surface area contributed by atoms with E-state index in [1.165, 1.54) is 0 Å². The number of nitrogen functional groups attached to an aromatic ring is 1. The SMILES string of the molecule is Cc1ccc2nc(N)nc(CCOc3cccc(Cl)c3)c2c1. The predicted octanol–water partition coefficient (Wildman–Crippen LogP) is 3.80. The van der Waals surface area contributed by atoms with E-state index < -0.39 is 0 Å². The lowest BCUT2D eigenvalue weighted by Crippen LogP contribution is -2.06. The van der Waals surface area contributed by atoms with E-state index in [1.54, 1.807) is 6.07 Å². The van der Waals surface area contributed by atoms with Gasteiger partial charge in [-0.1, -0.05) is 29.3 Å². The van der Waals surface area contributed by atoms with Crippen LogP contribution in [0.25, 0.3) is 10.9 Å². The molecule has 0 bridgehead atoms. The van der Waals surface area contributed by atoms with E-state index in [4.69, 9.17) is 22.1 Å². The van der Waals surface area contributed by atoms with Crippen LogP contribution < -0.4 is 10.5 Å². The van der Waals surface area contributed by atoms with Gasteiger partial charge in [-0.2, -0.15) is 0 Å². The molecule has 22 heavy (non-hydrogen) atoms. The lowest BCUT2D eigenvalue weighted by atomic mass is 10.1. The van der Waals surface area contributed by atoms with Crippen molar-refractivity contribution in [2.45, 2.75) is 13.3 Å². The van der Waals surface area contributed by atoms with Crippen molar-refractivity contribution in [2.24, 2.45) is 0 Å². The Bertz CT molecular complexity index is 820. The number of anilines is 1. The zero-order valence-corrected chi connectivity index (χ0v) is 13.0. The van der Waals surface area contributed by atoms with Crippen molar-refractivity contribution in [1.82, 2.24) is 9.97 Å². The highest BCUT2D eigenvalue weighted by molar-refractivity contribution is 6.30. The van der Waals surface area contributed by atoms with Crippen LogP contribution in [0.2, 0.25) is 5.02 Å². The molecule has 0 atom stereocenters. The van der Waals surface area contributed by atoms with Gasteiger partial charge in [0.2, 0.25) is 5.95 Å². The standard InChI is InChI=1S/C17H16ClN3O/c1-11-5-6-15-14(9-11)16(21-17(19)20-15)7-8-22-13-4-2-3-12(18)10-13/h2-6,9-10H,7-8H2,1H3,(H2,19,20,21). The summed E-state index contributed by atoms with van der Waals surface area (Å²) in [7, 11) is 0. The summed E-state index contributed by atoms with van der Waals surface area (Å²) < 4.78 is 5.72. The first-order valence-corrected chi connectivity index (χ1v) is 7.41. The molecule has 0 aliphatic carbocycles. The Morgan fingerprint density at radius 3 is 2.82 bits per heavy atom. The number of benzene rings is 2. The highest BCUT2D eigenvalue weighted by Gasteiger charge is 2.07. The Morgan fingerprint density at radius 1 is 1.14 bits per heavy atom. The monoisotopic (exact) mass is 313 g/mol. The Kier molecular flexibility index (Phi) is 4.11. The second-order valence-electron chi connectivity index (χ2n) is 5.10. The van der Waals surface area contributed by atoms with Crippen LogP contribution >= 0.6 is 11.6 Å². The lowest BCUT2D eigenvalue weighted by Gasteiger charge is -2.09. The minimum Gasteiger partial charge on any atom is -0.493 e. The van der Waals surface area contributed by atoms with Crippen molar-refractivity contribution in [3.05, 3.63) is 58.7 Å². The molecule has 1 aromatic heterocycles. The molecule has 0 aliphatic heterocycles. The molecule has 5 heteroatoms. The predicted molar refractivity (Wildman–Crippen MR) is 89.3 cm³/mol. The number of aryl methyl sites for hydroxylation is 1. The van der Waals surface area contributed by atoms with Crippen LogP contribution in [0.15, 0.2) is 42.5 Å². The molecule has 0 amide bonds. The van der Waals surface area contributed by atoms with Gasteiger partial charge in [0.25, 0.3) is 0 Å². The summed E-state index contributed by atoms with van der Waals surface area (Å²) in [5.41, 5.74) is 8.70. The van der Waals surface area contributed by atoms with Gasteiger partial charge in [-0.15, -0.1) is 0 Å². The number of rotatable bonds is 4. The van der Waals surface area contributed by atoms with Crippen LogP contribution in [0.3, 0.4) is 0 Å². The second-order valence-corrected chi connectivity index (χ2v) is 5.54. The number of ether oxygens (including phenoxy) is 1. The maximum absolute atomic E-state index is 5.94. The molecule has 1 heterocycles. The van der Waals surface area contributed by atoms with Crippen LogP contribution in [-0.4, -0.2) is 16.6 Å². The van der Waals surface area contributed by atoms with Gasteiger partial charge < -0.3 is 10.5 Å². The third-order valence-corrected chi connectivity index (χ3v) is 3.59. The molecule has 0 saturated heterocycles. The average Bonchev–Trinajstić information content (AvgIpc) is 2.48. The Labute approximate surface area is 133 Å². The van der Waals surface area contributed by atoms with E-state index in [0.717, 1.165) is 27.9 Å². The topological polar surface area (TPSA) is 61.0 Å². The number of nitrogens with two attached hydrogens (primary N) is 1. The Morgan fingerprint density at radius 2 is 2.00 bits per heavy atom. The number of halogens is 1. The smallest absolute Gasteiger partial charge is 0.220 e. The fourth-order valence-electron chi connectivity index (χ4n) is 2.34. The molecule has 0 spiro atoms. The molecule has 112 valence electrons. The van der Waals surface area contributed by atoms with Crippen molar-refractivity contribution in [2.75, 3.05) is 12.3 Å². The number of hydrogen-bond donors (Lipinski definition) is 1.